The highest BCUT2D eigenvalue weighted by Gasteiger charge is 2.06. The summed E-state index contributed by atoms with van der Waals surface area (Å²) in [6.07, 6.45) is 1.55. The van der Waals surface area contributed by atoms with Crippen molar-refractivity contribution >= 4 is 17.8 Å². The molecule has 0 aliphatic heterocycles. The number of nitro benzene ring substituents is 1. The number of nitrogens with one attached hydrogen (secondary N) is 1. The highest BCUT2D eigenvalue weighted by atomic mass is 19.1. The Morgan fingerprint density at radius 3 is 2.40 bits per heavy atom. The van der Waals surface area contributed by atoms with Crippen LogP contribution < -0.4 is 10.2 Å². The lowest BCUT2D eigenvalue weighted by molar-refractivity contribution is -0.384. The molecule has 0 bridgehead atoms. The summed E-state index contributed by atoms with van der Waals surface area (Å²) in [6.45, 7) is 0.222. The molecule has 0 unspecified atom stereocenters. The van der Waals surface area contributed by atoms with Gasteiger partial charge in [-0.2, -0.15) is 5.10 Å². The van der Waals surface area contributed by atoms with E-state index in [0.717, 1.165) is 5.56 Å². The molecule has 7 nitrogen and oxygen atoms in total. The van der Waals surface area contributed by atoms with Crippen molar-refractivity contribution < 1.29 is 18.8 Å². The number of amides is 1. The van der Waals surface area contributed by atoms with Crippen LogP contribution in [0.3, 0.4) is 0 Å². The SMILES string of the molecule is O=C(Cc1ccc(F)cc1)N/N=C/c1ccccc1OCc1ccc([N+](=O)[O-])cc1. The Labute approximate surface area is 172 Å². The fourth-order valence-electron chi connectivity index (χ4n) is 2.59. The van der Waals surface area contributed by atoms with Gasteiger partial charge in [-0.1, -0.05) is 24.3 Å². The number of nitro groups is 1. The fraction of sp³-hybridized carbons (Fsp3) is 0.0909. The predicted octanol–water partition coefficient (Wildman–Crippen LogP) is 4.01. The van der Waals surface area contributed by atoms with Crippen molar-refractivity contribution in [3.05, 3.63) is 105 Å². The van der Waals surface area contributed by atoms with Crippen LogP contribution in [0.4, 0.5) is 10.1 Å². The number of rotatable bonds is 8. The van der Waals surface area contributed by atoms with Gasteiger partial charge >= 0.3 is 0 Å². The van der Waals surface area contributed by atoms with Crippen molar-refractivity contribution in [2.24, 2.45) is 5.10 Å². The Morgan fingerprint density at radius 1 is 1.03 bits per heavy atom. The summed E-state index contributed by atoms with van der Waals surface area (Å²) in [6, 6.07) is 18.9. The van der Waals surface area contributed by atoms with E-state index in [2.05, 4.69) is 10.5 Å². The molecule has 0 aromatic heterocycles. The van der Waals surface area contributed by atoms with Crippen molar-refractivity contribution in [2.75, 3.05) is 0 Å². The van der Waals surface area contributed by atoms with E-state index in [9.17, 15) is 19.3 Å². The maximum Gasteiger partial charge on any atom is 0.269 e. The van der Waals surface area contributed by atoms with Gasteiger partial charge in [0, 0.05) is 17.7 Å². The lowest BCUT2D eigenvalue weighted by Crippen LogP contribution is -2.19. The van der Waals surface area contributed by atoms with Crippen LogP contribution in [-0.4, -0.2) is 17.0 Å². The Morgan fingerprint density at radius 2 is 1.70 bits per heavy atom. The van der Waals surface area contributed by atoms with E-state index in [1.54, 1.807) is 48.5 Å². The van der Waals surface area contributed by atoms with Crippen LogP contribution in [0.1, 0.15) is 16.7 Å². The van der Waals surface area contributed by atoms with Gasteiger partial charge in [0.05, 0.1) is 17.6 Å². The average Bonchev–Trinajstić information content (AvgIpc) is 2.75. The van der Waals surface area contributed by atoms with E-state index in [1.165, 1.54) is 30.5 Å². The molecule has 0 aliphatic carbocycles. The number of carbonyl (C=O) groups excluding carboxylic acids is 1. The van der Waals surface area contributed by atoms with Gasteiger partial charge in [0.1, 0.15) is 18.2 Å². The molecule has 1 amide bonds. The smallest absolute Gasteiger partial charge is 0.269 e. The zero-order valence-corrected chi connectivity index (χ0v) is 15.8. The molecule has 3 aromatic rings. The Bertz CT molecular complexity index is 1050. The van der Waals surface area contributed by atoms with Crippen LogP contribution >= 0.6 is 0 Å². The van der Waals surface area contributed by atoms with Crippen LogP contribution in [0, 0.1) is 15.9 Å². The summed E-state index contributed by atoms with van der Waals surface area (Å²) < 4.78 is 18.7. The number of hydrogen-bond donors (Lipinski definition) is 1. The Balaban J connectivity index is 1.57. The molecule has 8 heteroatoms. The summed E-state index contributed by atoms with van der Waals surface area (Å²) in [5, 5.41) is 14.7. The molecule has 0 saturated heterocycles. The summed E-state index contributed by atoms with van der Waals surface area (Å²) in [5.41, 5.74) is 4.55. The third-order valence-corrected chi connectivity index (χ3v) is 4.13. The van der Waals surface area contributed by atoms with Crippen molar-refractivity contribution in [3.8, 4) is 5.75 Å². The number of para-hydroxylation sites is 1. The molecule has 152 valence electrons. The third-order valence-electron chi connectivity index (χ3n) is 4.13. The van der Waals surface area contributed by atoms with E-state index in [4.69, 9.17) is 4.74 Å². The summed E-state index contributed by atoms with van der Waals surface area (Å²) in [5.74, 6) is -0.142. The largest absolute Gasteiger partial charge is 0.488 e. The number of ether oxygens (including phenoxy) is 1. The molecule has 0 atom stereocenters. The topological polar surface area (TPSA) is 93.8 Å². The molecule has 0 aliphatic rings. The second kappa shape index (κ2) is 9.92. The molecule has 0 spiro atoms. The van der Waals surface area contributed by atoms with Gasteiger partial charge in [-0.15, -0.1) is 0 Å². The molecule has 1 N–H and O–H groups in total. The molecule has 0 heterocycles. The lowest BCUT2D eigenvalue weighted by atomic mass is 10.1. The van der Waals surface area contributed by atoms with Crippen LogP contribution in [-0.2, 0) is 17.8 Å². The second-order valence-electron chi connectivity index (χ2n) is 6.35. The molecule has 0 radical (unpaired) electrons. The Hall–Kier alpha value is -4.07. The normalized spacial score (nSPS) is 10.7. The highest BCUT2D eigenvalue weighted by Crippen LogP contribution is 2.19. The maximum atomic E-state index is 12.9. The maximum absolute atomic E-state index is 12.9. The summed E-state index contributed by atoms with van der Waals surface area (Å²) >= 11 is 0. The van der Waals surface area contributed by atoms with Gasteiger partial charge in [-0.05, 0) is 47.5 Å². The Kier molecular flexibility index (Phi) is 6.83. The van der Waals surface area contributed by atoms with Gasteiger partial charge in [0.2, 0.25) is 5.91 Å². The minimum absolute atomic E-state index is 0.0164. The van der Waals surface area contributed by atoms with Crippen molar-refractivity contribution in [1.29, 1.82) is 0 Å². The monoisotopic (exact) mass is 407 g/mol. The van der Waals surface area contributed by atoms with E-state index >= 15 is 0 Å². The highest BCUT2D eigenvalue weighted by molar-refractivity contribution is 5.85. The zero-order chi connectivity index (χ0) is 21.3. The van der Waals surface area contributed by atoms with Crippen LogP contribution in [0.2, 0.25) is 0 Å². The van der Waals surface area contributed by atoms with E-state index in [1.807, 2.05) is 0 Å². The van der Waals surface area contributed by atoms with Crippen molar-refractivity contribution in [1.82, 2.24) is 5.43 Å². The molecular formula is C22H18FN3O4. The number of hydrazone groups is 1. The molecule has 0 saturated carbocycles. The van der Waals surface area contributed by atoms with Crippen molar-refractivity contribution in [2.45, 2.75) is 13.0 Å². The first-order valence-corrected chi connectivity index (χ1v) is 9.03. The van der Waals surface area contributed by atoms with Gasteiger partial charge in [-0.25, -0.2) is 9.82 Å². The van der Waals surface area contributed by atoms with E-state index < -0.39 is 4.92 Å². The molecular weight excluding hydrogens is 389 g/mol. The summed E-state index contributed by atoms with van der Waals surface area (Å²) in [7, 11) is 0. The van der Waals surface area contributed by atoms with E-state index in [-0.39, 0.29) is 30.4 Å². The molecule has 3 rings (SSSR count). The molecule has 0 fully saturated rings. The summed E-state index contributed by atoms with van der Waals surface area (Å²) in [4.78, 5) is 22.2. The van der Waals surface area contributed by atoms with Crippen LogP contribution in [0.5, 0.6) is 5.75 Å². The van der Waals surface area contributed by atoms with Gasteiger partial charge in [0.15, 0.2) is 0 Å². The lowest BCUT2D eigenvalue weighted by Gasteiger charge is -2.09. The first kappa shape index (κ1) is 20.7. The number of nitrogens with zero attached hydrogens (tertiary/aromatic N) is 2. The third kappa shape index (κ3) is 5.96. The number of benzene rings is 3. The zero-order valence-electron chi connectivity index (χ0n) is 15.8. The fourth-order valence-corrected chi connectivity index (χ4v) is 2.59. The number of hydrogen-bond acceptors (Lipinski definition) is 5. The quantitative estimate of drug-likeness (QED) is 0.347. The first-order chi connectivity index (χ1) is 14.5. The molecule has 30 heavy (non-hydrogen) atoms. The second-order valence-corrected chi connectivity index (χ2v) is 6.35. The predicted molar refractivity (Wildman–Crippen MR) is 110 cm³/mol. The van der Waals surface area contributed by atoms with Gasteiger partial charge < -0.3 is 4.74 Å². The average molecular weight is 407 g/mol. The van der Waals surface area contributed by atoms with Crippen LogP contribution in [0.25, 0.3) is 0 Å². The number of halogens is 1. The van der Waals surface area contributed by atoms with E-state index in [0.29, 0.717) is 16.9 Å². The standard InChI is InChI=1S/C22H18FN3O4/c23-19-9-5-16(6-10-19)13-22(27)25-24-14-18-3-1-2-4-21(18)30-15-17-7-11-20(12-8-17)26(28)29/h1-12,14H,13,15H2,(H,25,27)/b24-14+. The first-order valence-electron chi connectivity index (χ1n) is 9.03. The van der Waals surface area contributed by atoms with Crippen molar-refractivity contribution in [3.63, 3.8) is 0 Å². The number of non-ortho nitro benzene ring substituents is 1. The minimum atomic E-state index is -0.458. The molecule has 3 aromatic carbocycles. The minimum Gasteiger partial charge on any atom is -0.488 e. The number of carbonyl (C=O) groups is 1. The van der Waals surface area contributed by atoms with Crippen LogP contribution in [0.15, 0.2) is 77.9 Å². The van der Waals surface area contributed by atoms with Gasteiger partial charge in [-0.3, -0.25) is 14.9 Å². The van der Waals surface area contributed by atoms with Gasteiger partial charge in [0.25, 0.3) is 5.69 Å².